The van der Waals surface area contributed by atoms with E-state index in [0.717, 1.165) is 11.1 Å². The number of carbonyl (C=O) groups is 3. The summed E-state index contributed by atoms with van der Waals surface area (Å²) in [4.78, 5) is 48.9. The largest absolute Gasteiger partial charge is 0.479 e. The molecule has 0 aliphatic carbocycles. The zero-order valence-electron chi connectivity index (χ0n) is 22.9. The van der Waals surface area contributed by atoms with Crippen molar-refractivity contribution in [2.75, 3.05) is 0 Å². The zero-order valence-corrected chi connectivity index (χ0v) is 23.8. The lowest BCUT2D eigenvalue weighted by atomic mass is 10.1. The van der Waals surface area contributed by atoms with E-state index in [1.165, 1.54) is 0 Å². The van der Waals surface area contributed by atoms with Gasteiger partial charge in [0, 0.05) is 12.8 Å². The van der Waals surface area contributed by atoms with E-state index in [-0.39, 0.29) is 19.4 Å². The summed E-state index contributed by atoms with van der Waals surface area (Å²) >= 11 is 0. The van der Waals surface area contributed by atoms with Crippen LogP contribution >= 0.6 is 7.60 Å². The van der Waals surface area contributed by atoms with Gasteiger partial charge in [-0.25, -0.2) is 9.59 Å². The van der Waals surface area contributed by atoms with Crippen molar-refractivity contribution in [3.8, 4) is 0 Å². The highest BCUT2D eigenvalue weighted by atomic mass is 31.2. The lowest BCUT2D eigenvalue weighted by Crippen LogP contribution is -2.52. The van der Waals surface area contributed by atoms with Crippen LogP contribution in [-0.4, -0.2) is 45.9 Å². The fraction of sp³-hybridized carbons (Fsp3) is 0.300. The zero-order chi connectivity index (χ0) is 29.8. The highest BCUT2D eigenvalue weighted by molar-refractivity contribution is 7.53. The lowest BCUT2D eigenvalue weighted by Gasteiger charge is -2.30. The fourth-order valence-corrected chi connectivity index (χ4v) is 5.79. The van der Waals surface area contributed by atoms with E-state index in [9.17, 15) is 28.9 Å². The van der Waals surface area contributed by atoms with Gasteiger partial charge in [0.1, 0.15) is 18.4 Å². The molecule has 0 heterocycles. The number of carboxylic acids is 1. The van der Waals surface area contributed by atoms with Crippen molar-refractivity contribution < 1.29 is 38.2 Å². The van der Waals surface area contributed by atoms with Crippen LogP contribution in [0.2, 0.25) is 0 Å². The topological polar surface area (TPSA) is 151 Å². The van der Waals surface area contributed by atoms with Gasteiger partial charge in [0.05, 0.1) is 0 Å². The van der Waals surface area contributed by atoms with Gasteiger partial charge in [0.25, 0.3) is 0 Å². The van der Waals surface area contributed by atoms with Crippen LogP contribution in [0.3, 0.4) is 0 Å². The summed E-state index contributed by atoms with van der Waals surface area (Å²) in [5, 5.41) is 14.7. The van der Waals surface area contributed by atoms with Crippen molar-refractivity contribution in [2.45, 2.75) is 51.2 Å². The molecule has 0 spiro atoms. The molecule has 0 aliphatic rings. The quantitative estimate of drug-likeness (QED) is 0.203. The Hall–Kier alpha value is -3.98. The maximum Gasteiger partial charge on any atom is 0.408 e. The van der Waals surface area contributed by atoms with Crippen LogP contribution in [0.4, 0.5) is 4.79 Å². The molecule has 0 radical (unpaired) electrons. The molecule has 4 atom stereocenters. The SMILES string of the molecule is CC(C)C(NC(=O)C(Cc1ccccc1)NC(=O)OCc1ccccc1)P(=O)(O)OC(Cc1ccccc1)C(=O)O. The molecule has 3 rings (SSSR count). The van der Waals surface area contributed by atoms with Crippen molar-refractivity contribution in [1.29, 1.82) is 0 Å². The fourth-order valence-electron chi connectivity index (χ4n) is 4.08. The molecule has 218 valence electrons. The Morgan fingerprint density at radius 2 is 1.27 bits per heavy atom. The van der Waals surface area contributed by atoms with Crippen molar-refractivity contribution in [1.82, 2.24) is 10.6 Å². The van der Waals surface area contributed by atoms with Gasteiger partial charge in [-0.1, -0.05) is 105 Å². The number of hydrogen-bond donors (Lipinski definition) is 4. The summed E-state index contributed by atoms with van der Waals surface area (Å²) in [6.07, 6.45) is -2.55. The van der Waals surface area contributed by atoms with E-state index in [0.29, 0.717) is 5.56 Å². The van der Waals surface area contributed by atoms with Crippen LogP contribution in [0.15, 0.2) is 91.0 Å². The molecule has 4 unspecified atom stereocenters. The number of aliphatic carboxylic acids is 1. The Morgan fingerprint density at radius 3 is 1.76 bits per heavy atom. The molecule has 3 aromatic carbocycles. The van der Waals surface area contributed by atoms with Crippen LogP contribution in [0.1, 0.15) is 30.5 Å². The summed E-state index contributed by atoms with van der Waals surface area (Å²) in [5.41, 5.74) is 2.09. The van der Waals surface area contributed by atoms with Crippen LogP contribution in [0.5, 0.6) is 0 Å². The normalized spacial score (nSPS) is 14.7. The third kappa shape index (κ3) is 10.2. The number of ether oxygens (including phenoxy) is 1. The van der Waals surface area contributed by atoms with Gasteiger partial charge in [-0.15, -0.1) is 0 Å². The number of rotatable bonds is 14. The molecule has 0 aliphatic heterocycles. The maximum atomic E-state index is 13.4. The van der Waals surface area contributed by atoms with Gasteiger partial charge in [0.15, 0.2) is 6.10 Å². The molecular formula is C30H35N2O8P. The summed E-state index contributed by atoms with van der Waals surface area (Å²) in [7, 11) is -4.73. The van der Waals surface area contributed by atoms with Crippen LogP contribution in [0.25, 0.3) is 0 Å². The second kappa shape index (κ2) is 15.1. The molecule has 0 saturated heterocycles. The lowest BCUT2D eigenvalue weighted by molar-refractivity contribution is -0.145. The molecule has 0 saturated carbocycles. The molecule has 0 fully saturated rings. The summed E-state index contributed by atoms with van der Waals surface area (Å²) < 4.78 is 24.0. The van der Waals surface area contributed by atoms with E-state index in [1.54, 1.807) is 92.7 Å². The molecule has 41 heavy (non-hydrogen) atoms. The first-order valence-corrected chi connectivity index (χ1v) is 14.8. The third-order valence-electron chi connectivity index (χ3n) is 6.19. The number of nitrogens with one attached hydrogen (secondary N) is 2. The Bertz CT molecular complexity index is 1320. The Labute approximate surface area is 239 Å². The second-order valence-corrected chi connectivity index (χ2v) is 11.7. The average molecular weight is 583 g/mol. The van der Waals surface area contributed by atoms with Gasteiger partial charge < -0.3 is 25.4 Å². The molecule has 3 aromatic rings. The number of amides is 2. The monoisotopic (exact) mass is 582 g/mol. The predicted octanol–water partition coefficient (Wildman–Crippen LogP) is 4.52. The van der Waals surface area contributed by atoms with Gasteiger partial charge in [-0.2, -0.15) is 0 Å². The minimum atomic E-state index is -4.73. The molecule has 0 aromatic heterocycles. The van der Waals surface area contributed by atoms with E-state index in [4.69, 9.17) is 9.26 Å². The smallest absolute Gasteiger partial charge is 0.408 e. The van der Waals surface area contributed by atoms with Gasteiger partial charge in [0.2, 0.25) is 5.91 Å². The van der Waals surface area contributed by atoms with E-state index >= 15 is 0 Å². The van der Waals surface area contributed by atoms with Crippen molar-refractivity contribution in [2.24, 2.45) is 5.92 Å². The Kier molecular flexibility index (Phi) is 11.6. The van der Waals surface area contributed by atoms with Crippen LogP contribution in [-0.2, 0) is 42.9 Å². The molecule has 2 amide bonds. The van der Waals surface area contributed by atoms with Gasteiger partial charge >= 0.3 is 19.7 Å². The van der Waals surface area contributed by atoms with Gasteiger partial charge in [-0.3, -0.25) is 13.9 Å². The molecular weight excluding hydrogens is 547 g/mol. The molecule has 4 N–H and O–H groups in total. The number of alkyl carbamates (subject to hydrolysis) is 1. The molecule has 11 heteroatoms. The summed E-state index contributed by atoms with van der Waals surface area (Å²) in [6.45, 7) is 3.18. The third-order valence-corrected chi connectivity index (χ3v) is 8.18. The Balaban J connectivity index is 1.75. The van der Waals surface area contributed by atoms with Crippen molar-refractivity contribution >= 4 is 25.6 Å². The minimum Gasteiger partial charge on any atom is -0.479 e. The highest BCUT2D eigenvalue weighted by Gasteiger charge is 2.41. The van der Waals surface area contributed by atoms with Crippen LogP contribution < -0.4 is 10.6 Å². The van der Waals surface area contributed by atoms with E-state index < -0.39 is 49.4 Å². The second-order valence-electron chi connectivity index (χ2n) is 9.83. The Morgan fingerprint density at radius 1 is 0.780 bits per heavy atom. The first-order valence-electron chi connectivity index (χ1n) is 13.1. The number of benzene rings is 3. The standard InChI is InChI=1S/C30H35N2O8P/c1-21(2)28(41(37,38)40-26(29(34)35)19-23-14-8-4-9-15-23)32-27(33)25(18-22-12-6-3-7-13-22)31-30(36)39-20-24-16-10-5-11-17-24/h3-17,21,25-26,28H,18-20H2,1-2H3,(H,31,36)(H,32,33)(H,34,35)(H,37,38). The molecule has 0 bridgehead atoms. The minimum absolute atomic E-state index is 0.0152. The number of carbonyl (C=O) groups excluding carboxylic acids is 2. The summed E-state index contributed by atoms with van der Waals surface area (Å²) in [6, 6.07) is 25.3. The maximum absolute atomic E-state index is 13.4. The first kappa shape index (κ1) is 31.5. The van der Waals surface area contributed by atoms with Crippen LogP contribution in [0, 0.1) is 5.92 Å². The number of carboxylic acid groups (broad SMARTS) is 1. The number of hydrogen-bond acceptors (Lipinski definition) is 6. The average Bonchev–Trinajstić information content (AvgIpc) is 2.95. The van der Waals surface area contributed by atoms with Gasteiger partial charge in [-0.05, 0) is 22.6 Å². The molecule has 10 nitrogen and oxygen atoms in total. The van der Waals surface area contributed by atoms with Crippen molar-refractivity contribution in [3.63, 3.8) is 0 Å². The predicted molar refractivity (Wildman–Crippen MR) is 153 cm³/mol. The van der Waals surface area contributed by atoms with E-state index in [2.05, 4.69) is 10.6 Å². The summed E-state index contributed by atoms with van der Waals surface area (Å²) in [5.74, 6) is -4.24. The highest BCUT2D eigenvalue weighted by Crippen LogP contribution is 2.50. The van der Waals surface area contributed by atoms with Crippen molar-refractivity contribution in [3.05, 3.63) is 108 Å². The first-order chi connectivity index (χ1) is 19.5. The van der Waals surface area contributed by atoms with E-state index in [1.807, 2.05) is 12.1 Å².